The van der Waals surface area contributed by atoms with Crippen molar-refractivity contribution < 1.29 is 0 Å². The predicted octanol–water partition coefficient (Wildman–Crippen LogP) is 3.94. The van der Waals surface area contributed by atoms with Gasteiger partial charge in [0.05, 0.1) is 10.9 Å². The molecule has 0 spiro atoms. The molecule has 2 nitrogen and oxygen atoms in total. The number of thiophene rings is 1. The molecule has 15 heavy (non-hydrogen) atoms. The van der Waals surface area contributed by atoms with Gasteiger partial charge in [0.2, 0.25) is 0 Å². The molecule has 2 heterocycles. The van der Waals surface area contributed by atoms with E-state index in [9.17, 15) is 0 Å². The lowest BCUT2D eigenvalue weighted by Crippen LogP contribution is -1.93. The summed E-state index contributed by atoms with van der Waals surface area (Å²) >= 11 is 1.79. The Balaban J connectivity index is 2.69. The zero-order valence-electron chi connectivity index (χ0n) is 9.61. The summed E-state index contributed by atoms with van der Waals surface area (Å²) in [6, 6.07) is 0. The van der Waals surface area contributed by atoms with E-state index in [1.54, 1.807) is 11.3 Å². The van der Waals surface area contributed by atoms with Crippen LogP contribution in [0.4, 0.5) is 0 Å². The van der Waals surface area contributed by atoms with Crippen molar-refractivity contribution >= 4 is 21.6 Å². The predicted molar refractivity (Wildman–Crippen MR) is 65.6 cm³/mol. The van der Waals surface area contributed by atoms with Crippen LogP contribution in [-0.4, -0.2) is 10.2 Å². The van der Waals surface area contributed by atoms with Gasteiger partial charge in [-0.05, 0) is 28.3 Å². The summed E-state index contributed by atoms with van der Waals surface area (Å²) in [4.78, 5) is 0. The Morgan fingerprint density at radius 2 is 1.73 bits per heavy atom. The van der Waals surface area contributed by atoms with Crippen molar-refractivity contribution in [3.63, 3.8) is 0 Å². The molecule has 0 amide bonds. The first kappa shape index (κ1) is 10.6. The summed E-state index contributed by atoms with van der Waals surface area (Å²) in [5.74, 6) is 1.04. The molecule has 2 aromatic heterocycles. The first-order chi connectivity index (χ1) is 7.11. The highest BCUT2D eigenvalue weighted by atomic mass is 32.1. The van der Waals surface area contributed by atoms with Gasteiger partial charge in [-0.2, -0.15) is 5.10 Å². The summed E-state index contributed by atoms with van der Waals surface area (Å²) in [6.07, 6.45) is 1.90. The summed E-state index contributed by atoms with van der Waals surface area (Å²) in [7, 11) is 0. The Hall–Kier alpha value is -0.960. The lowest BCUT2D eigenvalue weighted by atomic mass is 10.0. The second kappa shape index (κ2) is 3.89. The van der Waals surface area contributed by atoms with Crippen molar-refractivity contribution in [1.29, 1.82) is 0 Å². The molecule has 80 valence electrons. The number of rotatable bonds is 2. The number of aromatic nitrogens is 2. The summed E-state index contributed by atoms with van der Waals surface area (Å²) < 4.78 is 1.31. The van der Waals surface area contributed by atoms with Crippen molar-refractivity contribution in [3.8, 4) is 0 Å². The maximum Gasteiger partial charge on any atom is 0.107 e. The van der Waals surface area contributed by atoms with Crippen molar-refractivity contribution in [2.75, 3.05) is 0 Å². The van der Waals surface area contributed by atoms with Crippen LogP contribution in [0.3, 0.4) is 0 Å². The standard InChI is InChI=1S/C12H16N2S/c1-7(2)9-5-13-14-11-10(8(3)4)6-15-12(9)11/h5-8H,1-4H3. The van der Waals surface area contributed by atoms with E-state index in [2.05, 4.69) is 43.3 Å². The Bertz CT molecular complexity index is 471. The minimum absolute atomic E-state index is 0.515. The lowest BCUT2D eigenvalue weighted by Gasteiger charge is -2.06. The first-order valence-electron chi connectivity index (χ1n) is 5.34. The summed E-state index contributed by atoms with van der Waals surface area (Å²) in [5, 5.41) is 10.6. The zero-order valence-corrected chi connectivity index (χ0v) is 10.4. The minimum Gasteiger partial charge on any atom is -0.158 e. The van der Waals surface area contributed by atoms with E-state index in [4.69, 9.17) is 0 Å². The Morgan fingerprint density at radius 1 is 1.07 bits per heavy atom. The van der Waals surface area contributed by atoms with Crippen molar-refractivity contribution in [1.82, 2.24) is 10.2 Å². The van der Waals surface area contributed by atoms with E-state index >= 15 is 0 Å². The molecule has 2 aromatic rings. The van der Waals surface area contributed by atoms with E-state index < -0.39 is 0 Å². The molecular formula is C12H16N2S. The smallest absolute Gasteiger partial charge is 0.107 e. The van der Waals surface area contributed by atoms with E-state index in [1.165, 1.54) is 15.8 Å². The van der Waals surface area contributed by atoms with E-state index in [0.717, 1.165) is 5.52 Å². The molecule has 0 aliphatic heterocycles. The van der Waals surface area contributed by atoms with Crippen LogP contribution < -0.4 is 0 Å². The van der Waals surface area contributed by atoms with Crippen LogP contribution in [0.25, 0.3) is 10.2 Å². The van der Waals surface area contributed by atoms with Crippen LogP contribution >= 0.6 is 11.3 Å². The summed E-state index contributed by atoms with van der Waals surface area (Å²) in [6.45, 7) is 8.80. The molecule has 0 saturated heterocycles. The molecule has 0 saturated carbocycles. The minimum atomic E-state index is 0.515. The molecule has 0 unspecified atom stereocenters. The number of hydrogen-bond donors (Lipinski definition) is 0. The highest BCUT2D eigenvalue weighted by Gasteiger charge is 2.13. The topological polar surface area (TPSA) is 25.8 Å². The van der Waals surface area contributed by atoms with E-state index in [1.807, 2.05) is 6.20 Å². The Morgan fingerprint density at radius 3 is 2.33 bits per heavy atom. The fourth-order valence-corrected chi connectivity index (χ4v) is 3.02. The highest BCUT2D eigenvalue weighted by Crippen LogP contribution is 2.33. The number of nitrogens with zero attached hydrogens (tertiary/aromatic N) is 2. The molecule has 0 aliphatic rings. The van der Waals surface area contributed by atoms with Crippen LogP contribution in [0, 0.1) is 0 Å². The normalized spacial score (nSPS) is 11.9. The molecular weight excluding hydrogens is 204 g/mol. The molecule has 0 atom stereocenters. The second-order valence-corrected chi connectivity index (χ2v) is 5.36. The molecule has 0 aromatic carbocycles. The van der Waals surface area contributed by atoms with Crippen LogP contribution in [-0.2, 0) is 0 Å². The molecule has 0 radical (unpaired) electrons. The maximum absolute atomic E-state index is 4.27. The average Bonchev–Trinajstić information content (AvgIpc) is 2.59. The van der Waals surface area contributed by atoms with Crippen LogP contribution in [0.2, 0.25) is 0 Å². The van der Waals surface area contributed by atoms with Crippen molar-refractivity contribution in [2.45, 2.75) is 39.5 Å². The second-order valence-electron chi connectivity index (χ2n) is 4.48. The van der Waals surface area contributed by atoms with Gasteiger partial charge in [-0.3, -0.25) is 0 Å². The van der Waals surface area contributed by atoms with Gasteiger partial charge in [-0.25, -0.2) is 0 Å². The third-order valence-corrected chi connectivity index (χ3v) is 3.69. The maximum atomic E-state index is 4.27. The van der Waals surface area contributed by atoms with Gasteiger partial charge in [0.15, 0.2) is 0 Å². The fraction of sp³-hybridized carbons (Fsp3) is 0.500. The van der Waals surface area contributed by atoms with Gasteiger partial charge in [-0.1, -0.05) is 27.7 Å². The largest absolute Gasteiger partial charge is 0.158 e. The van der Waals surface area contributed by atoms with Gasteiger partial charge >= 0.3 is 0 Å². The van der Waals surface area contributed by atoms with Crippen LogP contribution in [0.1, 0.15) is 50.7 Å². The quantitative estimate of drug-likeness (QED) is 0.766. The highest BCUT2D eigenvalue weighted by molar-refractivity contribution is 7.17. The molecule has 0 bridgehead atoms. The van der Waals surface area contributed by atoms with Crippen LogP contribution in [0.5, 0.6) is 0 Å². The van der Waals surface area contributed by atoms with Gasteiger partial charge in [0.25, 0.3) is 0 Å². The van der Waals surface area contributed by atoms with Crippen molar-refractivity contribution in [3.05, 3.63) is 22.7 Å². The first-order valence-corrected chi connectivity index (χ1v) is 6.22. The average molecular weight is 220 g/mol. The number of hydrogen-bond acceptors (Lipinski definition) is 3. The Kier molecular flexibility index (Phi) is 2.74. The third kappa shape index (κ3) is 1.76. The zero-order chi connectivity index (χ0) is 11.0. The molecule has 0 fully saturated rings. The third-order valence-electron chi connectivity index (χ3n) is 2.65. The number of fused-ring (bicyclic) bond motifs is 1. The Labute approximate surface area is 94.4 Å². The SMILES string of the molecule is CC(C)c1csc2c(C(C)C)cnnc12. The van der Waals surface area contributed by atoms with Crippen LogP contribution in [0.15, 0.2) is 11.6 Å². The molecule has 3 heteroatoms. The molecule has 0 N–H and O–H groups in total. The van der Waals surface area contributed by atoms with Gasteiger partial charge in [0.1, 0.15) is 5.52 Å². The van der Waals surface area contributed by atoms with E-state index in [0.29, 0.717) is 11.8 Å². The lowest BCUT2D eigenvalue weighted by molar-refractivity contribution is 0.851. The molecule has 0 aliphatic carbocycles. The van der Waals surface area contributed by atoms with Gasteiger partial charge in [0, 0.05) is 0 Å². The van der Waals surface area contributed by atoms with Gasteiger partial charge < -0.3 is 0 Å². The van der Waals surface area contributed by atoms with Gasteiger partial charge in [-0.15, -0.1) is 16.4 Å². The van der Waals surface area contributed by atoms with Crippen molar-refractivity contribution in [2.24, 2.45) is 0 Å². The van der Waals surface area contributed by atoms with E-state index in [-0.39, 0.29) is 0 Å². The summed E-state index contributed by atoms with van der Waals surface area (Å²) in [5.41, 5.74) is 3.74. The monoisotopic (exact) mass is 220 g/mol. The fourth-order valence-electron chi connectivity index (χ4n) is 1.70. The molecule has 2 rings (SSSR count).